The van der Waals surface area contributed by atoms with Crippen LogP contribution < -0.4 is 5.32 Å². The molecule has 2 heterocycles. The summed E-state index contributed by atoms with van der Waals surface area (Å²) in [6.07, 6.45) is 4.19. The van der Waals surface area contributed by atoms with E-state index in [1.807, 2.05) is 0 Å². The lowest BCUT2D eigenvalue weighted by atomic mass is 9.76. The molecule has 0 unspecified atom stereocenters. The van der Waals surface area contributed by atoms with Crippen LogP contribution in [0.1, 0.15) is 37.8 Å². The number of hydrogen-bond acceptors (Lipinski definition) is 2. The Morgan fingerprint density at radius 2 is 1.77 bits per heavy atom. The number of para-hydroxylation sites is 1. The SMILES string of the molecule is CCn1c2ccccc2c2cc([C@H](C3CCC3)N3CCNCC3)ccc21. The average Bonchev–Trinajstić information content (AvgIpc) is 2.98. The standard InChI is InChI=1S/C23H29N3/c1-2-26-21-9-4-3-8-19(21)20-16-18(10-11-22(20)26)23(17-6-5-7-17)25-14-12-24-13-15-25/h3-4,8-11,16-17,23-24H,2,5-7,12-15H2,1H3/t23-/m0/s1. The van der Waals surface area contributed by atoms with Crippen LogP contribution in [0.4, 0.5) is 0 Å². The predicted molar refractivity (Wildman–Crippen MR) is 110 cm³/mol. The topological polar surface area (TPSA) is 20.2 Å². The monoisotopic (exact) mass is 347 g/mol. The van der Waals surface area contributed by atoms with Gasteiger partial charge >= 0.3 is 0 Å². The van der Waals surface area contributed by atoms with Crippen molar-refractivity contribution >= 4 is 21.8 Å². The molecule has 2 aliphatic rings. The summed E-state index contributed by atoms with van der Waals surface area (Å²) in [6.45, 7) is 7.87. The van der Waals surface area contributed by atoms with Crippen LogP contribution in [-0.2, 0) is 6.54 Å². The Balaban J connectivity index is 1.64. The first-order chi connectivity index (χ1) is 12.9. The molecule has 0 spiro atoms. The molecule has 1 aliphatic carbocycles. The molecule has 3 nitrogen and oxygen atoms in total. The highest BCUT2D eigenvalue weighted by atomic mass is 15.2. The van der Waals surface area contributed by atoms with E-state index in [0.29, 0.717) is 6.04 Å². The van der Waals surface area contributed by atoms with Crippen LogP contribution in [0.3, 0.4) is 0 Å². The van der Waals surface area contributed by atoms with Crippen molar-refractivity contribution in [2.45, 2.75) is 38.8 Å². The normalized spacial score (nSPS) is 20.5. The van der Waals surface area contributed by atoms with Gasteiger partial charge in [0.05, 0.1) is 0 Å². The maximum Gasteiger partial charge on any atom is 0.0491 e. The van der Waals surface area contributed by atoms with Crippen LogP contribution in [0.5, 0.6) is 0 Å². The summed E-state index contributed by atoms with van der Waals surface area (Å²) < 4.78 is 2.46. The number of benzene rings is 2. The van der Waals surface area contributed by atoms with Gasteiger partial charge in [-0.3, -0.25) is 4.90 Å². The summed E-state index contributed by atoms with van der Waals surface area (Å²) in [5.74, 6) is 0.838. The van der Waals surface area contributed by atoms with Gasteiger partial charge in [0.1, 0.15) is 0 Å². The molecule has 136 valence electrons. The van der Waals surface area contributed by atoms with Crippen LogP contribution in [0.15, 0.2) is 42.5 Å². The molecule has 0 radical (unpaired) electrons. The molecule has 1 atom stereocenters. The van der Waals surface area contributed by atoms with E-state index in [1.165, 1.54) is 59.7 Å². The molecule has 26 heavy (non-hydrogen) atoms. The molecule has 5 rings (SSSR count). The fourth-order valence-corrected chi connectivity index (χ4v) is 5.09. The molecular formula is C23H29N3. The molecule has 0 amide bonds. The highest BCUT2D eigenvalue weighted by Gasteiger charge is 2.33. The van der Waals surface area contributed by atoms with Gasteiger partial charge < -0.3 is 9.88 Å². The lowest BCUT2D eigenvalue weighted by Crippen LogP contribution is -2.47. The number of nitrogens with one attached hydrogen (secondary N) is 1. The van der Waals surface area contributed by atoms with Crippen LogP contribution >= 0.6 is 0 Å². The van der Waals surface area contributed by atoms with Gasteiger partial charge in [-0.2, -0.15) is 0 Å². The largest absolute Gasteiger partial charge is 0.341 e. The molecule has 1 saturated carbocycles. The van der Waals surface area contributed by atoms with Crippen molar-refractivity contribution < 1.29 is 0 Å². The third-order valence-electron chi connectivity index (χ3n) is 6.60. The van der Waals surface area contributed by atoms with Gasteiger partial charge in [-0.1, -0.05) is 30.7 Å². The van der Waals surface area contributed by atoms with Gasteiger partial charge in [-0.15, -0.1) is 0 Å². The van der Waals surface area contributed by atoms with Gasteiger partial charge in [0, 0.05) is 60.6 Å². The summed E-state index contributed by atoms with van der Waals surface area (Å²) >= 11 is 0. The maximum absolute atomic E-state index is 3.52. The van der Waals surface area contributed by atoms with Crippen molar-refractivity contribution in [1.29, 1.82) is 0 Å². The van der Waals surface area contributed by atoms with Gasteiger partial charge in [0.2, 0.25) is 0 Å². The van der Waals surface area contributed by atoms with Crippen LogP contribution in [-0.4, -0.2) is 35.6 Å². The molecule has 3 heteroatoms. The van der Waals surface area contributed by atoms with Gasteiger partial charge in [0.25, 0.3) is 0 Å². The molecule has 1 aliphatic heterocycles. The minimum Gasteiger partial charge on any atom is -0.341 e. The van der Waals surface area contributed by atoms with E-state index in [4.69, 9.17) is 0 Å². The van der Waals surface area contributed by atoms with Crippen molar-refractivity contribution in [3.05, 3.63) is 48.0 Å². The number of rotatable bonds is 4. The Hall–Kier alpha value is -1.84. The Morgan fingerprint density at radius 1 is 1.00 bits per heavy atom. The Kier molecular flexibility index (Phi) is 4.22. The second-order valence-electron chi connectivity index (χ2n) is 7.96. The highest BCUT2D eigenvalue weighted by molar-refractivity contribution is 6.08. The number of aryl methyl sites for hydroxylation is 1. The first kappa shape index (κ1) is 16.3. The van der Waals surface area contributed by atoms with E-state index in [-0.39, 0.29) is 0 Å². The molecule has 0 bridgehead atoms. The molecule has 3 aromatic rings. The zero-order chi connectivity index (χ0) is 17.5. The van der Waals surface area contributed by atoms with Gasteiger partial charge in [0.15, 0.2) is 0 Å². The van der Waals surface area contributed by atoms with E-state index in [9.17, 15) is 0 Å². The first-order valence-corrected chi connectivity index (χ1v) is 10.3. The summed E-state index contributed by atoms with van der Waals surface area (Å²) in [5.41, 5.74) is 4.28. The van der Waals surface area contributed by atoms with Crippen molar-refractivity contribution in [2.24, 2.45) is 5.92 Å². The number of nitrogens with zero attached hydrogens (tertiary/aromatic N) is 2. The first-order valence-electron chi connectivity index (χ1n) is 10.3. The van der Waals surface area contributed by atoms with Crippen molar-refractivity contribution in [3.8, 4) is 0 Å². The predicted octanol–water partition coefficient (Wildman–Crippen LogP) is 4.56. The third-order valence-corrected chi connectivity index (χ3v) is 6.60. The van der Waals surface area contributed by atoms with Crippen molar-refractivity contribution in [1.82, 2.24) is 14.8 Å². The number of fused-ring (bicyclic) bond motifs is 3. The lowest BCUT2D eigenvalue weighted by molar-refractivity contribution is 0.0838. The second kappa shape index (κ2) is 6.71. The summed E-state index contributed by atoms with van der Waals surface area (Å²) in [5, 5.41) is 6.35. The van der Waals surface area contributed by atoms with Crippen molar-refractivity contribution in [2.75, 3.05) is 26.2 Å². The highest BCUT2D eigenvalue weighted by Crippen LogP contribution is 2.43. The fraction of sp³-hybridized carbons (Fsp3) is 0.478. The second-order valence-corrected chi connectivity index (χ2v) is 7.96. The quantitative estimate of drug-likeness (QED) is 0.746. The number of hydrogen-bond donors (Lipinski definition) is 1. The third kappa shape index (κ3) is 2.57. The van der Waals surface area contributed by atoms with Crippen LogP contribution in [0.25, 0.3) is 21.8 Å². The number of aromatic nitrogens is 1. The van der Waals surface area contributed by atoms with Gasteiger partial charge in [-0.25, -0.2) is 0 Å². The lowest BCUT2D eigenvalue weighted by Gasteiger charge is -2.43. The molecular weight excluding hydrogens is 318 g/mol. The van der Waals surface area contributed by atoms with E-state index in [2.05, 4.69) is 64.2 Å². The maximum atomic E-state index is 3.52. The van der Waals surface area contributed by atoms with E-state index in [1.54, 1.807) is 0 Å². The van der Waals surface area contributed by atoms with Crippen LogP contribution in [0.2, 0.25) is 0 Å². The molecule has 1 saturated heterocycles. The Bertz CT molecular complexity index is 916. The zero-order valence-electron chi connectivity index (χ0n) is 15.7. The minimum atomic E-state index is 0.596. The fourth-order valence-electron chi connectivity index (χ4n) is 5.09. The number of piperazine rings is 1. The van der Waals surface area contributed by atoms with E-state index >= 15 is 0 Å². The Labute approximate surface area is 156 Å². The average molecular weight is 348 g/mol. The van der Waals surface area contributed by atoms with Gasteiger partial charge in [-0.05, 0) is 49.4 Å². The zero-order valence-corrected chi connectivity index (χ0v) is 15.7. The van der Waals surface area contributed by atoms with E-state index < -0.39 is 0 Å². The van der Waals surface area contributed by atoms with Crippen LogP contribution in [0, 0.1) is 5.92 Å². The molecule has 1 N–H and O–H groups in total. The molecule has 2 fully saturated rings. The minimum absolute atomic E-state index is 0.596. The van der Waals surface area contributed by atoms with Crippen molar-refractivity contribution in [3.63, 3.8) is 0 Å². The summed E-state index contributed by atoms with van der Waals surface area (Å²) in [7, 11) is 0. The summed E-state index contributed by atoms with van der Waals surface area (Å²) in [4.78, 5) is 2.74. The smallest absolute Gasteiger partial charge is 0.0491 e. The molecule has 1 aromatic heterocycles. The molecule has 2 aromatic carbocycles. The summed E-state index contributed by atoms with van der Waals surface area (Å²) in [6, 6.07) is 16.8. The van der Waals surface area contributed by atoms with E-state index in [0.717, 1.165) is 25.6 Å². The Morgan fingerprint density at radius 3 is 2.50 bits per heavy atom.